The zero-order chi connectivity index (χ0) is 28.1. The van der Waals surface area contributed by atoms with E-state index in [1.165, 1.54) is 24.6 Å². The normalized spacial score (nSPS) is 19.4. The summed E-state index contributed by atoms with van der Waals surface area (Å²) in [4.78, 5) is 32.5. The van der Waals surface area contributed by atoms with Crippen LogP contribution in [0, 0.1) is 0 Å². The van der Waals surface area contributed by atoms with Crippen LogP contribution in [-0.2, 0) is 19.1 Å². The third kappa shape index (κ3) is 6.24. The van der Waals surface area contributed by atoms with E-state index in [4.69, 9.17) is 9.47 Å². The van der Waals surface area contributed by atoms with Crippen LogP contribution in [0.3, 0.4) is 0 Å². The Morgan fingerprint density at radius 1 is 0.875 bits per heavy atom. The summed E-state index contributed by atoms with van der Waals surface area (Å²) in [7, 11) is 0. The number of imidazole rings is 1. The molecule has 1 aromatic carbocycles. The first-order chi connectivity index (χ1) is 19.5. The third-order valence-electron chi connectivity index (χ3n) is 8.10. The van der Waals surface area contributed by atoms with Crippen molar-refractivity contribution in [1.29, 1.82) is 0 Å². The fraction of sp³-hybridized carbons (Fsp3) is 0.516. The highest BCUT2D eigenvalue weighted by Gasteiger charge is 2.41. The minimum Gasteiger partial charge on any atom is -0.459 e. The molecule has 2 saturated carbocycles. The second kappa shape index (κ2) is 13.0. The number of aromatic nitrogens is 2. The molecular weight excluding hydrogens is 524 g/mol. The number of nitrogens with zero attached hydrogens (tertiary/aromatic N) is 2. The average Bonchev–Trinajstić information content (AvgIpc) is 3.36. The number of esters is 2. The smallest absolute Gasteiger partial charge is 0.337 e. The van der Waals surface area contributed by atoms with Crippen molar-refractivity contribution in [1.82, 2.24) is 15.0 Å². The van der Waals surface area contributed by atoms with Crippen LogP contribution in [0.2, 0.25) is 0 Å². The van der Waals surface area contributed by atoms with Gasteiger partial charge in [0.15, 0.2) is 5.16 Å². The van der Waals surface area contributed by atoms with E-state index in [9.17, 15) is 9.59 Å². The van der Waals surface area contributed by atoms with Crippen molar-refractivity contribution >= 4 is 29.4 Å². The highest BCUT2D eigenvalue weighted by Crippen LogP contribution is 2.41. The van der Waals surface area contributed by atoms with E-state index in [1.54, 1.807) is 6.20 Å². The Bertz CT molecular complexity index is 1220. The molecule has 1 aliphatic heterocycles. The van der Waals surface area contributed by atoms with Gasteiger partial charge in [0.25, 0.3) is 0 Å². The van der Waals surface area contributed by atoms with E-state index in [0.29, 0.717) is 33.4 Å². The Morgan fingerprint density at radius 3 is 1.90 bits per heavy atom. The van der Waals surface area contributed by atoms with Crippen LogP contribution in [0.15, 0.2) is 64.2 Å². The molecule has 0 amide bonds. The Kier molecular flexibility index (Phi) is 9.19. The number of ether oxygens (including phenoxy) is 2. The Morgan fingerprint density at radius 2 is 1.40 bits per heavy atom. The summed E-state index contributed by atoms with van der Waals surface area (Å²) in [6, 6.07) is 9.80. The van der Waals surface area contributed by atoms with Crippen molar-refractivity contribution in [2.24, 2.45) is 0 Å². The number of rotatable bonds is 8. The molecule has 2 aliphatic carbocycles. The second-order valence-electron chi connectivity index (χ2n) is 10.9. The molecule has 0 saturated heterocycles. The number of dihydropyridines is 1. The monoisotopic (exact) mass is 564 g/mol. The summed E-state index contributed by atoms with van der Waals surface area (Å²) in [6.07, 6.45) is 13.5. The summed E-state index contributed by atoms with van der Waals surface area (Å²) in [5.74, 6) is -1.50. The molecule has 2 heterocycles. The minimum absolute atomic E-state index is 0.110. The number of hydrogen-bond acceptors (Lipinski definition) is 8. The fourth-order valence-electron chi connectivity index (χ4n) is 6.08. The number of thioether (sulfide) groups is 1. The van der Waals surface area contributed by atoms with Gasteiger partial charge in [-0.3, -0.25) is 5.43 Å². The lowest BCUT2D eigenvalue weighted by Crippen LogP contribution is -2.36. The first-order valence-electron chi connectivity index (χ1n) is 14.5. The number of nitrogens with one attached hydrogen (secondary N) is 2. The molecule has 3 aliphatic rings. The molecule has 0 bridgehead atoms. The molecule has 0 atom stereocenters. The molecule has 2 fully saturated rings. The summed E-state index contributed by atoms with van der Waals surface area (Å²) >= 11 is 1.49. The third-order valence-corrected chi connectivity index (χ3v) is 8.75. The van der Waals surface area contributed by atoms with Crippen molar-refractivity contribution in [3.05, 3.63) is 64.8 Å². The van der Waals surface area contributed by atoms with E-state index in [2.05, 4.69) is 15.7 Å². The van der Waals surface area contributed by atoms with E-state index >= 15 is 0 Å². The number of para-hydroxylation sites is 1. The van der Waals surface area contributed by atoms with Gasteiger partial charge in [0, 0.05) is 11.4 Å². The Hall–Kier alpha value is -3.20. The molecule has 8 nitrogen and oxygen atoms in total. The molecule has 0 unspecified atom stereocenters. The zero-order valence-electron chi connectivity index (χ0n) is 23.7. The number of benzene rings is 1. The van der Waals surface area contributed by atoms with Crippen LogP contribution >= 0.6 is 11.8 Å². The molecule has 5 rings (SSSR count). The fourth-order valence-corrected chi connectivity index (χ4v) is 6.57. The maximum Gasteiger partial charge on any atom is 0.337 e. The first kappa shape index (κ1) is 28.3. The standard InChI is InChI=1S/C31H40N4O4S/c1-20-26(29(36)38-23-15-9-5-10-16-23)28(27(21(2)33-20)30(37)39-24-17-11-6-12-18-24)25-19-32-31(40-3)35(25)34-22-13-7-4-8-14-22/h4,7-8,13-14,19,23-24,28,33-34H,5-6,9-12,15-18H2,1-3H3. The Labute approximate surface area is 241 Å². The maximum absolute atomic E-state index is 13.9. The highest BCUT2D eigenvalue weighted by atomic mass is 32.2. The molecule has 40 heavy (non-hydrogen) atoms. The van der Waals surface area contributed by atoms with Gasteiger partial charge in [-0.15, -0.1) is 0 Å². The van der Waals surface area contributed by atoms with Crippen molar-refractivity contribution in [2.75, 3.05) is 11.7 Å². The number of allylic oxidation sites excluding steroid dienone is 2. The molecule has 0 radical (unpaired) electrons. The molecular formula is C31H40N4O4S. The minimum atomic E-state index is -0.710. The summed E-state index contributed by atoms with van der Waals surface area (Å²) in [6.45, 7) is 3.75. The van der Waals surface area contributed by atoms with Gasteiger partial charge in [0.1, 0.15) is 12.2 Å². The highest BCUT2D eigenvalue weighted by molar-refractivity contribution is 7.98. The lowest BCUT2D eigenvalue weighted by molar-refractivity contribution is -0.146. The van der Waals surface area contributed by atoms with Crippen LogP contribution in [-0.4, -0.2) is 40.1 Å². The molecule has 0 spiro atoms. The van der Waals surface area contributed by atoms with Gasteiger partial charge < -0.3 is 14.8 Å². The van der Waals surface area contributed by atoms with Gasteiger partial charge in [0.05, 0.1) is 34.6 Å². The van der Waals surface area contributed by atoms with Crippen LogP contribution < -0.4 is 10.7 Å². The molecule has 1 aromatic heterocycles. The van der Waals surface area contributed by atoms with Crippen molar-refractivity contribution in [3.63, 3.8) is 0 Å². The topological polar surface area (TPSA) is 94.5 Å². The van der Waals surface area contributed by atoms with Gasteiger partial charge >= 0.3 is 11.9 Å². The predicted octanol–water partition coefficient (Wildman–Crippen LogP) is 6.47. The lowest BCUT2D eigenvalue weighted by atomic mass is 9.83. The quantitative estimate of drug-likeness (QED) is 0.278. The molecule has 2 aromatic rings. The van der Waals surface area contributed by atoms with E-state index in [1.807, 2.05) is 55.1 Å². The average molecular weight is 565 g/mol. The second-order valence-corrected chi connectivity index (χ2v) is 11.7. The van der Waals surface area contributed by atoms with Crippen LogP contribution in [0.1, 0.15) is 89.7 Å². The van der Waals surface area contributed by atoms with Crippen LogP contribution in [0.25, 0.3) is 0 Å². The van der Waals surface area contributed by atoms with Gasteiger partial charge in [-0.2, -0.15) is 0 Å². The molecule has 2 N–H and O–H groups in total. The summed E-state index contributed by atoms with van der Waals surface area (Å²) in [5, 5.41) is 4.02. The summed E-state index contributed by atoms with van der Waals surface area (Å²) in [5.41, 5.74) is 7.20. The van der Waals surface area contributed by atoms with Crippen molar-refractivity contribution in [3.8, 4) is 0 Å². The van der Waals surface area contributed by atoms with E-state index < -0.39 is 17.9 Å². The van der Waals surface area contributed by atoms with E-state index in [-0.39, 0.29) is 12.2 Å². The molecule has 214 valence electrons. The number of hydrogen-bond donors (Lipinski definition) is 2. The number of carbonyl (C=O) groups excluding carboxylic acids is 2. The van der Waals surface area contributed by atoms with Gasteiger partial charge in [-0.05, 0) is 83.6 Å². The van der Waals surface area contributed by atoms with Crippen LogP contribution in [0.4, 0.5) is 5.69 Å². The number of anilines is 1. The lowest BCUT2D eigenvalue weighted by Gasteiger charge is -2.33. The first-order valence-corrected chi connectivity index (χ1v) is 15.7. The van der Waals surface area contributed by atoms with Gasteiger partial charge in [0.2, 0.25) is 0 Å². The van der Waals surface area contributed by atoms with Crippen molar-refractivity contribution in [2.45, 2.75) is 101 Å². The SMILES string of the molecule is CSc1ncc(C2C(C(=O)OC3CCCCC3)=C(C)NC(C)=C2C(=O)OC2CCCCC2)n1Nc1ccccc1. The molecule has 9 heteroatoms. The van der Waals surface area contributed by atoms with Gasteiger partial charge in [-0.1, -0.05) is 42.8 Å². The Balaban J connectivity index is 1.56. The van der Waals surface area contributed by atoms with Crippen molar-refractivity contribution < 1.29 is 19.1 Å². The summed E-state index contributed by atoms with van der Waals surface area (Å²) < 4.78 is 14.1. The zero-order valence-corrected chi connectivity index (χ0v) is 24.5. The number of carbonyl (C=O) groups is 2. The van der Waals surface area contributed by atoms with Crippen LogP contribution in [0.5, 0.6) is 0 Å². The van der Waals surface area contributed by atoms with Gasteiger partial charge in [-0.25, -0.2) is 19.2 Å². The predicted molar refractivity (Wildman–Crippen MR) is 157 cm³/mol. The largest absolute Gasteiger partial charge is 0.459 e. The maximum atomic E-state index is 13.9. The van der Waals surface area contributed by atoms with E-state index in [0.717, 1.165) is 57.1 Å².